The predicted molar refractivity (Wildman–Crippen MR) is 79.8 cm³/mol. The molecule has 0 spiro atoms. The van der Waals surface area contributed by atoms with E-state index < -0.39 is 0 Å². The molecule has 2 nitrogen and oxygen atoms in total. The fourth-order valence-corrected chi connectivity index (χ4v) is 3.30. The van der Waals surface area contributed by atoms with Gasteiger partial charge in [0, 0.05) is 22.2 Å². The zero-order valence-electron chi connectivity index (χ0n) is 11.5. The van der Waals surface area contributed by atoms with Crippen molar-refractivity contribution in [3.63, 3.8) is 0 Å². The number of H-pyrrole nitrogens is 1. The van der Waals surface area contributed by atoms with Crippen LogP contribution >= 0.6 is 0 Å². The number of nitrogens with one attached hydrogen (secondary N) is 1. The van der Waals surface area contributed by atoms with Crippen LogP contribution in [-0.2, 0) is 6.42 Å². The molecule has 0 radical (unpaired) electrons. The van der Waals surface area contributed by atoms with Gasteiger partial charge in [0.1, 0.15) is 0 Å². The minimum atomic E-state index is 0.255. The molecule has 3 rings (SSSR count). The highest BCUT2D eigenvalue weighted by molar-refractivity contribution is 5.79. The van der Waals surface area contributed by atoms with E-state index >= 15 is 0 Å². The van der Waals surface area contributed by atoms with Crippen molar-refractivity contribution in [2.24, 2.45) is 0 Å². The molecule has 2 heteroatoms. The zero-order valence-corrected chi connectivity index (χ0v) is 11.5. The highest BCUT2D eigenvalue weighted by Crippen LogP contribution is 2.33. The van der Waals surface area contributed by atoms with Crippen molar-refractivity contribution in [1.82, 2.24) is 4.98 Å². The van der Waals surface area contributed by atoms with E-state index in [-0.39, 0.29) is 5.43 Å². The largest absolute Gasteiger partial charge is 0.358 e. The normalized spacial score (nSPS) is 18.5. The lowest BCUT2D eigenvalue weighted by molar-refractivity contribution is 0.490. The third-order valence-electron chi connectivity index (χ3n) is 4.33. The van der Waals surface area contributed by atoms with E-state index in [9.17, 15) is 4.79 Å². The van der Waals surface area contributed by atoms with Crippen molar-refractivity contribution in [2.45, 2.75) is 51.4 Å². The molecule has 0 saturated carbocycles. The molecule has 1 aliphatic carbocycles. The lowest BCUT2D eigenvalue weighted by Crippen LogP contribution is -2.21. The van der Waals surface area contributed by atoms with Gasteiger partial charge >= 0.3 is 0 Å². The molecule has 19 heavy (non-hydrogen) atoms. The van der Waals surface area contributed by atoms with Gasteiger partial charge in [-0.2, -0.15) is 0 Å². The molecule has 1 atom stereocenters. The van der Waals surface area contributed by atoms with E-state index in [1.54, 1.807) is 0 Å². The highest BCUT2D eigenvalue weighted by Gasteiger charge is 2.23. The monoisotopic (exact) mass is 255 g/mol. The van der Waals surface area contributed by atoms with Crippen LogP contribution in [0.2, 0.25) is 0 Å². The lowest BCUT2D eigenvalue weighted by atomic mass is 9.83. The van der Waals surface area contributed by atoms with Crippen LogP contribution in [0, 0.1) is 0 Å². The minimum absolute atomic E-state index is 0.255. The van der Waals surface area contributed by atoms with Crippen molar-refractivity contribution < 1.29 is 0 Å². The number of hydrogen-bond acceptors (Lipinski definition) is 1. The third kappa shape index (κ3) is 2.20. The number of aromatic amines is 1. The van der Waals surface area contributed by atoms with Crippen LogP contribution < -0.4 is 5.43 Å². The average molecular weight is 255 g/mol. The topological polar surface area (TPSA) is 32.9 Å². The Balaban J connectivity index is 2.13. The fourth-order valence-electron chi connectivity index (χ4n) is 3.30. The van der Waals surface area contributed by atoms with E-state index in [2.05, 4.69) is 11.9 Å². The van der Waals surface area contributed by atoms with Crippen molar-refractivity contribution in [1.29, 1.82) is 0 Å². The number of benzene rings is 1. The molecule has 2 aromatic rings. The van der Waals surface area contributed by atoms with Gasteiger partial charge in [-0.05, 0) is 43.7 Å². The molecule has 0 fully saturated rings. The van der Waals surface area contributed by atoms with Gasteiger partial charge in [0.15, 0.2) is 5.43 Å². The van der Waals surface area contributed by atoms with Crippen LogP contribution in [0.3, 0.4) is 0 Å². The van der Waals surface area contributed by atoms with Crippen LogP contribution in [0.15, 0.2) is 29.1 Å². The molecule has 1 aromatic heterocycles. The first-order chi connectivity index (χ1) is 9.31. The predicted octanol–water partition coefficient (Wildman–Crippen LogP) is 4.14. The molecule has 0 aliphatic heterocycles. The highest BCUT2D eigenvalue weighted by atomic mass is 16.1. The van der Waals surface area contributed by atoms with Crippen LogP contribution in [0.1, 0.15) is 56.2 Å². The quantitative estimate of drug-likeness (QED) is 0.878. The Kier molecular flexibility index (Phi) is 3.41. The Labute approximate surface area is 113 Å². The summed E-state index contributed by atoms with van der Waals surface area (Å²) in [6, 6.07) is 7.89. The molecule has 1 unspecified atom stereocenters. The van der Waals surface area contributed by atoms with Gasteiger partial charge in [0.2, 0.25) is 0 Å². The molecule has 0 saturated heterocycles. The van der Waals surface area contributed by atoms with Gasteiger partial charge in [-0.3, -0.25) is 4.79 Å². The Hall–Kier alpha value is -1.57. The Morgan fingerprint density at radius 3 is 3.00 bits per heavy atom. The molecule has 1 aromatic carbocycles. The Bertz CT molecular complexity index is 641. The molecule has 1 heterocycles. The van der Waals surface area contributed by atoms with Gasteiger partial charge in [-0.25, -0.2) is 0 Å². The number of rotatable bonds is 3. The van der Waals surface area contributed by atoms with Gasteiger partial charge in [-0.15, -0.1) is 0 Å². The number of fused-ring (bicyclic) bond motifs is 2. The molecule has 1 aliphatic rings. The first-order valence-corrected chi connectivity index (χ1v) is 7.45. The maximum Gasteiger partial charge on any atom is 0.192 e. The SMILES string of the molecule is CCCCC1CCCc2c1[nH]c1ccccc1c2=O. The van der Waals surface area contributed by atoms with E-state index in [0.29, 0.717) is 5.92 Å². The summed E-state index contributed by atoms with van der Waals surface area (Å²) in [5.74, 6) is 0.556. The standard InChI is InChI=1S/C17H21NO/c1-2-3-7-12-8-6-10-14-16(12)18-15-11-5-4-9-13(15)17(14)19/h4-5,9,11-12H,2-3,6-8,10H2,1H3,(H,18,19). The van der Waals surface area contributed by atoms with Gasteiger partial charge in [-0.1, -0.05) is 31.9 Å². The molecular weight excluding hydrogens is 234 g/mol. The van der Waals surface area contributed by atoms with Crippen LogP contribution in [0.4, 0.5) is 0 Å². The molecule has 0 bridgehead atoms. The second-order valence-corrected chi connectivity index (χ2v) is 5.62. The van der Waals surface area contributed by atoms with E-state index in [4.69, 9.17) is 0 Å². The maximum absolute atomic E-state index is 12.6. The van der Waals surface area contributed by atoms with Crippen molar-refractivity contribution in [3.05, 3.63) is 45.7 Å². The molecular formula is C17H21NO. The smallest absolute Gasteiger partial charge is 0.192 e. The summed E-state index contributed by atoms with van der Waals surface area (Å²) in [6.07, 6.45) is 7.00. The zero-order chi connectivity index (χ0) is 13.2. The minimum Gasteiger partial charge on any atom is -0.358 e. The van der Waals surface area contributed by atoms with E-state index in [1.165, 1.54) is 31.4 Å². The van der Waals surface area contributed by atoms with Crippen LogP contribution in [0.25, 0.3) is 10.9 Å². The maximum atomic E-state index is 12.6. The summed E-state index contributed by atoms with van der Waals surface area (Å²) in [7, 11) is 0. The number of hydrogen-bond donors (Lipinski definition) is 1. The number of pyridine rings is 1. The summed E-state index contributed by atoms with van der Waals surface area (Å²) < 4.78 is 0. The van der Waals surface area contributed by atoms with Gasteiger partial charge in [0.05, 0.1) is 0 Å². The molecule has 100 valence electrons. The van der Waals surface area contributed by atoms with Crippen LogP contribution in [0.5, 0.6) is 0 Å². The van der Waals surface area contributed by atoms with Crippen LogP contribution in [-0.4, -0.2) is 4.98 Å². The Morgan fingerprint density at radius 2 is 2.16 bits per heavy atom. The second-order valence-electron chi connectivity index (χ2n) is 5.62. The van der Waals surface area contributed by atoms with Crippen molar-refractivity contribution >= 4 is 10.9 Å². The first kappa shape index (κ1) is 12.5. The van der Waals surface area contributed by atoms with E-state index in [1.807, 2.05) is 24.3 Å². The second kappa shape index (κ2) is 5.20. The number of aromatic nitrogens is 1. The number of unbranched alkanes of at least 4 members (excludes halogenated alkanes) is 1. The summed E-state index contributed by atoms with van der Waals surface area (Å²) in [5, 5.41) is 0.845. The Morgan fingerprint density at radius 1 is 1.32 bits per heavy atom. The van der Waals surface area contributed by atoms with Gasteiger partial charge < -0.3 is 4.98 Å². The van der Waals surface area contributed by atoms with E-state index in [0.717, 1.165) is 29.3 Å². The molecule has 1 N–H and O–H groups in total. The first-order valence-electron chi connectivity index (χ1n) is 7.45. The fraction of sp³-hybridized carbons (Fsp3) is 0.471. The molecule has 0 amide bonds. The summed E-state index contributed by atoms with van der Waals surface area (Å²) in [5.41, 5.74) is 3.52. The average Bonchev–Trinajstić information content (AvgIpc) is 2.46. The van der Waals surface area contributed by atoms with Crippen molar-refractivity contribution in [3.8, 4) is 0 Å². The lowest BCUT2D eigenvalue weighted by Gasteiger charge is -2.25. The summed E-state index contributed by atoms with van der Waals surface area (Å²) >= 11 is 0. The van der Waals surface area contributed by atoms with Crippen molar-refractivity contribution in [2.75, 3.05) is 0 Å². The number of para-hydroxylation sites is 1. The third-order valence-corrected chi connectivity index (χ3v) is 4.33. The van der Waals surface area contributed by atoms with Gasteiger partial charge in [0.25, 0.3) is 0 Å². The summed E-state index contributed by atoms with van der Waals surface area (Å²) in [6.45, 7) is 2.23. The summed E-state index contributed by atoms with van der Waals surface area (Å²) in [4.78, 5) is 16.1.